The number of aromatic nitrogens is 2. The van der Waals surface area contributed by atoms with Gasteiger partial charge in [0.1, 0.15) is 0 Å². The molecule has 2 heterocycles. The Morgan fingerprint density at radius 3 is 1.33 bits per heavy atom. The summed E-state index contributed by atoms with van der Waals surface area (Å²) in [5, 5.41) is 7.04. The third-order valence-corrected chi connectivity index (χ3v) is 5.25. The number of hydrogen-bond donors (Lipinski definition) is 2. The summed E-state index contributed by atoms with van der Waals surface area (Å²) in [6.07, 6.45) is 7.30. The Labute approximate surface area is 178 Å². The maximum Gasteiger partial charge on any atom is 0.0401 e. The minimum absolute atomic E-state index is 0.791. The maximum absolute atomic E-state index is 4.07. The molecule has 0 aliphatic heterocycles. The van der Waals surface area contributed by atoms with E-state index < -0.39 is 0 Å². The van der Waals surface area contributed by atoms with Crippen molar-refractivity contribution in [2.75, 3.05) is 10.6 Å². The molecule has 0 unspecified atom stereocenters. The first-order valence-electron chi connectivity index (χ1n) is 10.2. The van der Waals surface area contributed by atoms with Gasteiger partial charge in [0.15, 0.2) is 0 Å². The fraction of sp³-hybridized carbons (Fsp3) is 0.154. The van der Waals surface area contributed by atoms with Crippen LogP contribution in [-0.2, 0) is 13.1 Å². The lowest BCUT2D eigenvalue weighted by atomic mass is 9.99. The average Bonchev–Trinajstić information content (AvgIpc) is 2.79. The second-order valence-corrected chi connectivity index (χ2v) is 7.48. The van der Waals surface area contributed by atoms with Gasteiger partial charge in [-0.3, -0.25) is 9.97 Å². The van der Waals surface area contributed by atoms with Gasteiger partial charge in [0.2, 0.25) is 0 Å². The molecule has 0 radical (unpaired) electrons. The molecule has 2 aromatic carbocycles. The quantitative estimate of drug-likeness (QED) is 0.404. The molecule has 0 aliphatic rings. The second kappa shape index (κ2) is 9.23. The topological polar surface area (TPSA) is 49.8 Å². The van der Waals surface area contributed by atoms with E-state index in [2.05, 4.69) is 70.8 Å². The molecule has 0 saturated carbocycles. The number of hydrogen-bond acceptors (Lipinski definition) is 4. The summed E-state index contributed by atoms with van der Waals surface area (Å²) in [4.78, 5) is 8.14. The summed E-state index contributed by atoms with van der Waals surface area (Å²) in [5.74, 6) is 0. The number of aryl methyl sites for hydroxylation is 2. The first-order chi connectivity index (χ1) is 14.7. The molecular weight excluding hydrogens is 368 g/mol. The van der Waals surface area contributed by atoms with E-state index in [0.29, 0.717) is 0 Å². The van der Waals surface area contributed by atoms with E-state index in [-0.39, 0.29) is 0 Å². The Morgan fingerprint density at radius 1 is 0.567 bits per heavy atom. The average molecular weight is 395 g/mol. The SMILES string of the molecule is Cc1cc(-c2ccc(NCc3ccncc3)c(C)c2)ccc1NCc1ccncc1. The van der Waals surface area contributed by atoms with Crippen LogP contribution in [0.3, 0.4) is 0 Å². The van der Waals surface area contributed by atoms with Gasteiger partial charge >= 0.3 is 0 Å². The van der Waals surface area contributed by atoms with Gasteiger partial charge in [-0.1, -0.05) is 12.1 Å². The lowest BCUT2D eigenvalue weighted by molar-refractivity contribution is 1.12. The van der Waals surface area contributed by atoms with Gasteiger partial charge in [-0.25, -0.2) is 0 Å². The van der Waals surface area contributed by atoms with E-state index in [4.69, 9.17) is 0 Å². The molecule has 4 heteroatoms. The van der Waals surface area contributed by atoms with Crippen LogP contribution in [0.5, 0.6) is 0 Å². The molecule has 2 aromatic heterocycles. The van der Waals surface area contributed by atoms with Crippen molar-refractivity contribution in [3.63, 3.8) is 0 Å². The Balaban J connectivity index is 1.44. The van der Waals surface area contributed by atoms with Crippen molar-refractivity contribution in [2.45, 2.75) is 26.9 Å². The van der Waals surface area contributed by atoms with Gasteiger partial charge in [-0.2, -0.15) is 0 Å². The molecule has 0 atom stereocenters. The predicted molar refractivity (Wildman–Crippen MR) is 124 cm³/mol. The lowest BCUT2D eigenvalue weighted by Crippen LogP contribution is -2.02. The van der Waals surface area contributed by atoms with Crippen LogP contribution < -0.4 is 10.6 Å². The van der Waals surface area contributed by atoms with Crippen molar-refractivity contribution in [1.29, 1.82) is 0 Å². The molecule has 2 N–H and O–H groups in total. The van der Waals surface area contributed by atoms with E-state index in [9.17, 15) is 0 Å². The molecular formula is C26H26N4. The largest absolute Gasteiger partial charge is 0.381 e. The number of pyridine rings is 2. The zero-order valence-corrected chi connectivity index (χ0v) is 17.4. The summed E-state index contributed by atoms with van der Waals surface area (Å²) in [5.41, 5.74) is 9.68. The Kier molecular flexibility index (Phi) is 6.04. The van der Waals surface area contributed by atoms with Crippen molar-refractivity contribution in [2.24, 2.45) is 0 Å². The molecule has 0 bridgehead atoms. The molecule has 30 heavy (non-hydrogen) atoms. The fourth-order valence-corrected chi connectivity index (χ4v) is 3.48. The van der Waals surface area contributed by atoms with Crippen LogP contribution in [0, 0.1) is 13.8 Å². The predicted octanol–water partition coefficient (Wildman–Crippen LogP) is 5.98. The zero-order chi connectivity index (χ0) is 20.8. The van der Waals surface area contributed by atoms with Crippen molar-refractivity contribution in [3.05, 3.63) is 108 Å². The summed E-state index contributed by atoms with van der Waals surface area (Å²) < 4.78 is 0. The van der Waals surface area contributed by atoms with Crippen molar-refractivity contribution < 1.29 is 0 Å². The molecule has 0 saturated heterocycles. The Morgan fingerprint density at radius 2 is 0.967 bits per heavy atom. The fourth-order valence-electron chi connectivity index (χ4n) is 3.48. The number of nitrogens with one attached hydrogen (secondary N) is 2. The third kappa shape index (κ3) is 4.84. The Bertz CT molecular complexity index is 1020. The van der Waals surface area contributed by atoms with Crippen LogP contribution in [0.4, 0.5) is 11.4 Å². The third-order valence-electron chi connectivity index (χ3n) is 5.25. The monoisotopic (exact) mass is 394 g/mol. The highest BCUT2D eigenvalue weighted by Gasteiger charge is 2.06. The molecule has 0 aliphatic carbocycles. The van der Waals surface area contributed by atoms with Gasteiger partial charge in [-0.05, 0) is 95.8 Å². The standard InChI is InChI=1S/C26H26N4/c1-19-15-23(3-5-25(19)29-17-21-7-11-27-12-8-21)24-4-6-26(20(2)16-24)30-18-22-9-13-28-14-10-22/h3-16,29-30H,17-18H2,1-2H3. The summed E-state index contributed by atoms with van der Waals surface area (Å²) in [6.45, 7) is 5.88. The summed E-state index contributed by atoms with van der Waals surface area (Å²) in [6, 6.07) is 21.3. The van der Waals surface area contributed by atoms with Crippen molar-refractivity contribution in [1.82, 2.24) is 9.97 Å². The van der Waals surface area contributed by atoms with Crippen LogP contribution >= 0.6 is 0 Å². The lowest BCUT2D eigenvalue weighted by Gasteiger charge is -2.14. The van der Waals surface area contributed by atoms with Gasteiger partial charge in [0.25, 0.3) is 0 Å². The molecule has 4 nitrogen and oxygen atoms in total. The summed E-state index contributed by atoms with van der Waals surface area (Å²) in [7, 11) is 0. The van der Waals surface area contributed by atoms with Crippen molar-refractivity contribution >= 4 is 11.4 Å². The van der Waals surface area contributed by atoms with Crippen LogP contribution in [0.1, 0.15) is 22.3 Å². The highest BCUT2D eigenvalue weighted by Crippen LogP contribution is 2.28. The molecule has 150 valence electrons. The highest BCUT2D eigenvalue weighted by atomic mass is 14.9. The van der Waals surface area contributed by atoms with E-state index in [0.717, 1.165) is 24.5 Å². The molecule has 0 amide bonds. The van der Waals surface area contributed by atoms with Gasteiger partial charge in [0.05, 0.1) is 0 Å². The second-order valence-electron chi connectivity index (χ2n) is 7.48. The van der Waals surface area contributed by atoms with Crippen molar-refractivity contribution in [3.8, 4) is 11.1 Å². The first kappa shape index (κ1) is 19.6. The minimum atomic E-state index is 0.791. The highest BCUT2D eigenvalue weighted by molar-refractivity contribution is 5.71. The van der Waals surface area contributed by atoms with Gasteiger partial charge in [-0.15, -0.1) is 0 Å². The summed E-state index contributed by atoms with van der Waals surface area (Å²) >= 11 is 0. The smallest absolute Gasteiger partial charge is 0.0401 e. The van der Waals surface area contributed by atoms with Gasteiger partial charge < -0.3 is 10.6 Å². The molecule has 4 aromatic rings. The Hall–Kier alpha value is -3.66. The number of rotatable bonds is 7. The molecule has 0 spiro atoms. The van der Waals surface area contributed by atoms with Crippen LogP contribution in [0.15, 0.2) is 85.5 Å². The molecule has 4 rings (SSSR count). The number of nitrogens with zero attached hydrogens (tertiary/aromatic N) is 2. The zero-order valence-electron chi connectivity index (χ0n) is 17.4. The van der Waals surface area contributed by atoms with Crippen LogP contribution in [0.25, 0.3) is 11.1 Å². The van der Waals surface area contributed by atoms with Crippen LogP contribution in [0.2, 0.25) is 0 Å². The normalized spacial score (nSPS) is 10.6. The molecule has 0 fully saturated rings. The minimum Gasteiger partial charge on any atom is -0.381 e. The van der Waals surface area contributed by atoms with E-state index >= 15 is 0 Å². The van der Waals surface area contributed by atoms with Crippen LogP contribution in [-0.4, -0.2) is 9.97 Å². The maximum atomic E-state index is 4.07. The van der Waals surface area contributed by atoms with Gasteiger partial charge in [0, 0.05) is 49.3 Å². The number of anilines is 2. The van der Waals surface area contributed by atoms with E-state index in [1.54, 1.807) is 0 Å². The first-order valence-corrected chi connectivity index (χ1v) is 10.2. The van der Waals surface area contributed by atoms with E-state index in [1.165, 1.54) is 33.4 Å². The number of benzene rings is 2. The van der Waals surface area contributed by atoms with E-state index in [1.807, 2.05) is 49.1 Å².